The minimum absolute atomic E-state index is 0.204. The molecule has 3 rings (SSSR count). The smallest absolute Gasteiger partial charge is 0.410 e. The number of likely N-dealkylation sites (tertiary alicyclic amines) is 1. The third kappa shape index (κ3) is 4.82. The van der Waals surface area contributed by atoms with Crippen LogP contribution in [-0.2, 0) is 16.0 Å². The molecule has 1 aromatic carbocycles. The van der Waals surface area contributed by atoms with Gasteiger partial charge in [0.25, 0.3) is 0 Å². The molecule has 1 atom stereocenters. The van der Waals surface area contributed by atoms with Gasteiger partial charge in [-0.3, -0.25) is 4.79 Å². The van der Waals surface area contributed by atoms with Crippen LogP contribution in [0, 0.1) is 5.92 Å². The molecular weight excluding hydrogens is 340 g/mol. The Morgan fingerprint density at radius 1 is 1.15 bits per heavy atom. The summed E-state index contributed by atoms with van der Waals surface area (Å²) in [4.78, 5) is 28.7. The molecule has 2 aliphatic rings. The van der Waals surface area contributed by atoms with Crippen molar-refractivity contribution in [1.82, 2.24) is 9.80 Å². The van der Waals surface area contributed by atoms with Crippen molar-refractivity contribution >= 4 is 12.0 Å². The van der Waals surface area contributed by atoms with Gasteiger partial charge < -0.3 is 14.5 Å². The van der Waals surface area contributed by atoms with Gasteiger partial charge in [0, 0.05) is 26.6 Å². The first-order valence-electron chi connectivity index (χ1n) is 10.1. The zero-order chi connectivity index (χ0) is 19.6. The number of ether oxygens (including phenoxy) is 1. The van der Waals surface area contributed by atoms with E-state index in [9.17, 15) is 9.59 Å². The summed E-state index contributed by atoms with van der Waals surface area (Å²) in [5.41, 5.74) is 2.20. The lowest BCUT2D eigenvalue weighted by Gasteiger charge is -2.34. The zero-order valence-corrected chi connectivity index (χ0v) is 17.0. The second-order valence-corrected chi connectivity index (χ2v) is 8.87. The molecule has 1 unspecified atom stereocenters. The van der Waals surface area contributed by atoms with Crippen molar-refractivity contribution in [1.29, 1.82) is 0 Å². The van der Waals surface area contributed by atoms with E-state index in [4.69, 9.17) is 4.74 Å². The summed E-state index contributed by atoms with van der Waals surface area (Å²) >= 11 is 0. The Bertz CT molecular complexity index is 687. The Hall–Kier alpha value is -2.04. The van der Waals surface area contributed by atoms with Crippen LogP contribution in [0.15, 0.2) is 24.3 Å². The van der Waals surface area contributed by atoms with Gasteiger partial charge in [0.15, 0.2) is 0 Å². The van der Waals surface area contributed by atoms with E-state index in [0.717, 1.165) is 25.7 Å². The third-order valence-corrected chi connectivity index (χ3v) is 5.69. The summed E-state index contributed by atoms with van der Waals surface area (Å²) in [7, 11) is 1.94. The van der Waals surface area contributed by atoms with Gasteiger partial charge in [-0.2, -0.15) is 0 Å². The molecule has 1 aliphatic heterocycles. The highest BCUT2D eigenvalue weighted by atomic mass is 16.6. The molecule has 5 heteroatoms. The predicted octanol–water partition coefficient (Wildman–Crippen LogP) is 4.17. The standard InChI is InChI=1S/C22H32N2O3/c1-22(2,3)27-21(26)24-13-11-16(12-14-24)15-20(25)23(4)19-10-9-17-7-5-6-8-18(17)19/h5-8,16,19H,9-15H2,1-4H3. The minimum Gasteiger partial charge on any atom is -0.444 e. The largest absolute Gasteiger partial charge is 0.444 e. The number of hydrogen-bond donors (Lipinski definition) is 0. The maximum absolute atomic E-state index is 12.8. The molecule has 1 aliphatic carbocycles. The molecule has 1 fully saturated rings. The monoisotopic (exact) mass is 372 g/mol. The minimum atomic E-state index is -0.468. The second kappa shape index (κ2) is 7.91. The van der Waals surface area contributed by atoms with Crippen LogP contribution in [0.4, 0.5) is 4.79 Å². The quantitative estimate of drug-likeness (QED) is 0.800. The Morgan fingerprint density at radius 2 is 1.81 bits per heavy atom. The van der Waals surface area contributed by atoms with Crippen LogP contribution >= 0.6 is 0 Å². The highest BCUT2D eigenvalue weighted by Crippen LogP contribution is 2.35. The van der Waals surface area contributed by atoms with Crippen LogP contribution in [0.5, 0.6) is 0 Å². The lowest BCUT2D eigenvalue weighted by Crippen LogP contribution is -2.42. The van der Waals surface area contributed by atoms with Gasteiger partial charge in [-0.05, 0) is 63.5 Å². The summed E-state index contributed by atoms with van der Waals surface area (Å²) in [5, 5.41) is 0. The number of carbonyl (C=O) groups excluding carboxylic acids is 2. The fourth-order valence-corrected chi connectivity index (χ4v) is 4.15. The van der Waals surface area contributed by atoms with Crippen molar-refractivity contribution in [2.24, 2.45) is 5.92 Å². The van der Waals surface area contributed by atoms with Gasteiger partial charge in [-0.1, -0.05) is 24.3 Å². The molecule has 0 bridgehead atoms. The number of fused-ring (bicyclic) bond motifs is 1. The van der Waals surface area contributed by atoms with Crippen molar-refractivity contribution in [3.8, 4) is 0 Å². The third-order valence-electron chi connectivity index (χ3n) is 5.69. The number of carbonyl (C=O) groups is 2. The van der Waals surface area contributed by atoms with Gasteiger partial charge in [0.05, 0.1) is 6.04 Å². The maximum atomic E-state index is 12.8. The average molecular weight is 373 g/mol. The fourth-order valence-electron chi connectivity index (χ4n) is 4.15. The number of aryl methyl sites for hydroxylation is 1. The van der Waals surface area contributed by atoms with E-state index in [1.165, 1.54) is 11.1 Å². The topological polar surface area (TPSA) is 49.9 Å². The van der Waals surface area contributed by atoms with Gasteiger partial charge in [-0.15, -0.1) is 0 Å². The molecule has 0 saturated carbocycles. The second-order valence-electron chi connectivity index (χ2n) is 8.87. The van der Waals surface area contributed by atoms with Gasteiger partial charge in [0.2, 0.25) is 5.91 Å². The highest BCUT2D eigenvalue weighted by molar-refractivity contribution is 5.77. The van der Waals surface area contributed by atoms with E-state index in [2.05, 4.69) is 24.3 Å². The molecule has 1 heterocycles. The first-order chi connectivity index (χ1) is 12.7. The van der Waals surface area contributed by atoms with Crippen LogP contribution in [0.1, 0.15) is 63.6 Å². The summed E-state index contributed by atoms with van der Waals surface area (Å²) in [6.45, 7) is 6.99. The van der Waals surface area contributed by atoms with E-state index in [0.29, 0.717) is 25.4 Å². The number of benzene rings is 1. The number of piperidine rings is 1. The molecule has 2 amide bonds. The fraction of sp³-hybridized carbons (Fsp3) is 0.636. The molecule has 0 aromatic heterocycles. The normalized spacial score (nSPS) is 20.3. The van der Waals surface area contributed by atoms with Crippen LogP contribution in [0.25, 0.3) is 0 Å². The van der Waals surface area contributed by atoms with E-state index in [1.54, 1.807) is 4.90 Å². The van der Waals surface area contributed by atoms with Crippen molar-refractivity contribution < 1.29 is 14.3 Å². The van der Waals surface area contributed by atoms with Gasteiger partial charge >= 0.3 is 6.09 Å². The van der Waals surface area contributed by atoms with Crippen molar-refractivity contribution in [2.75, 3.05) is 20.1 Å². The number of amides is 2. The van der Waals surface area contributed by atoms with Crippen molar-refractivity contribution in [3.05, 3.63) is 35.4 Å². The molecule has 1 aromatic rings. The number of rotatable bonds is 3. The molecule has 0 radical (unpaired) electrons. The van der Waals surface area contributed by atoms with E-state index < -0.39 is 5.60 Å². The Balaban J connectivity index is 1.49. The van der Waals surface area contributed by atoms with Crippen LogP contribution in [0.2, 0.25) is 0 Å². The Labute approximate surface area is 162 Å². The lowest BCUT2D eigenvalue weighted by molar-refractivity contribution is -0.133. The molecule has 0 spiro atoms. The van der Waals surface area contributed by atoms with Crippen molar-refractivity contribution in [3.63, 3.8) is 0 Å². The van der Waals surface area contributed by atoms with E-state index >= 15 is 0 Å². The van der Waals surface area contributed by atoms with Crippen LogP contribution < -0.4 is 0 Å². The first kappa shape index (κ1) is 19.7. The van der Waals surface area contributed by atoms with Crippen LogP contribution in [0.3, 0.4) is 0 Å². The molecule has 27 heavy (non-hydrogen) atoms. The van der Waals surface area contributed by atoms with Crippen molar-refractivity contribution in [2.45, 2.75) is 64.5 Å². The zero-order valence-electron chi connectivity index (χ0n) is 17.0. The van der Waals surface area contributed by atoms with E-state index in [1.807, 2.05) is 32.7 Å². The summed E-state index contributed by atoms with van der Waals surface area (Å²) < 4.78 is 5.44. The molecule has 5 nitrogen and oxygen atoms in total. The summed E-state index contributed by atoms with van der Waals surface area (Å²) in [6, 6.07) is 8.65. The Kier molecular flexibility index (Phi) is 5.78. The number of hydrogen-bond acceptors (Lipinski definition) is 3. The molecular formula is C22H32N2O3. The SMILES string of the molecule is CN(C(=O)CC1CCN(C(=O)OC(C)(C)C)CC1)C1CCc2ccccc21. The van der Waals surface area contributed by atoms with Gasteiger partial charge in [0.1, 0.15) is 5.60 Å². The maximum Gasteiger partial charge on any atom is 0.410 e. The first-order valence-corrected chi connectivity index (χ1v) is 10.1. The highest BCUT2D eigenvalue weighted by Gasteiger charge is 2.31. The Morgan fingerprint density at radius 3 is 2.48 bits per heavy atom. The average Bonchev–Trinajstić information content (AvgIpc) is 3.04. The molecule has 1 saturated heterocycles. The lowest BCUT2D eigenvalue weighted by atomic mass is 9.93. The number of nitrogens with zero attached hydrogens (tertiary/aromatic N) is 2. The predicted molar refractivity (Wildman–Crippen MR) is 105 cm³/mol. The molecule has 148 valence electrons. The summed E-state index contributed by atoms with van der Waals surface area (Å²) in [5.74, 6) is 0.558. The van der Waals surface area contributed by atoms with E-state index in [-0.39, 0.29) is 18.0 Å². The summed E-state index contributed by atoms with van der Waals surface area (Å²) in [6.07, 6.45) is 4.11. The molecule has 0 N–H and O–H groups in total. The van der Waals surface area contributed by atoms with Gasteiger partial charge in [-0.25, -0.2) is 4.79 Å². The van der Waals surface area contributed by atoms with Crippen LogP contribution in [-0.4, -0.2) is 47.5 Å².